The summed E-state index contributed by atoms with van der Waals surface area (Å²) in [5.41, 5.74) is 8.40. The molecule has 1 aromatic rings. The van der Waals surface area contributed by atoms with Crippen LogP contribution in [0.1, 0.15) is 23.5 Å². The van der Waals surface area contributed by atoms with Crippen LogP contribution >= 0.6 is 11.6 Å². The molecule has 64 valence electrons. The van der Waals surface area contributed by atoms with E-state index in [2.05, 4.69) is 13.0 Å². The molecule has 2 rings (SSSR count). The van der Waals surface area contributed by atoms with Gasteiger partial charge in [-0.1, -0.05) is 17.7 Å². The third-order valence-electron chi connectivity index (χ3n) is 2.47. The molecule has 0 spiro atoms. The van der Waals surface area contributed by atoms with Crippen molar-refractivity contribution in [1.82, 2.24) is 0 Å². The van der Waals surface area contributed by atoms with Gasteiger partial charge in [0, 0.05) is 17.0 Å². The Morgan fingerprint density at radius 1 is 1.50 bits per heavy atom. The molecule has 12 heavy (non-hydrogen) atoms. The van der Waals surface area contributed by atoms with Crippen molar-refractivity contribution in [2.75, 3.05) is 0 Å². The molecule has 2 atom stereocenters. The molecule has 1 aliphatic rings. The first-order valence-electron chi connectivity index (χ1n) is 4.20. The first-order chi connectivity index (χ1) is 5.68. The minimum atomic E-state index is 0.380. The normalized spacial score (nSPS) is 27.2. The summed E-state index contributed by atoms with van der Waals surface area (Å²) < 4.78 is 0. The molecule has 0 unspecified atom stereocenters. The van der Waals surface area contributed by atoms with E-state index in [0.29, 0.717) is 12.0 Å². The summed E-state index contributed by atoms with van der Waals surface area (Å²) in [6, 6.07) is 6.41. The SMILES string of the molecule is Cc1cc(Cl)ccc1[C@@H]1C[C@H]1N. The second kappa shape index (κ2) is 2.75. The van der Waals surface area contributed by atoms with E-state index in [-0.39, 0.29) is 0 Å². The molecule has 1 fully saturated rings. The van der Waals surface area contributed by atoms with Gasteiger partial charge in [0.1, 0.15) is 0 Å². The molecule has 0 saturated heterocycles. The van der Waals surface area contributed by atoms with Gasteiger partial charge >= 0.3 is 0 Å². The van der Waals surface area contributed by atoms with E-state index in [1.54, 1.807) is 0 Å². The van der Waals surface area contributed by atoms with Crippen LogP contribution in [0.25, 0.3) is 0 Å². The summed E-state index contributed by atoms with van der Waals surface area (Å²) in [7, 11) is 0. The molecule has 2 heteroatoms. The molecule has 1 nitrogen and oxygen atoms in total. The van der Waals surface area contributed by atoms with Crippen LogP contribution in [0.15, 0.2) is 18.2 Å². The Hall–Kier alpha value is -0.530. The molecule has 0 aromatic heterocycles. The maximum atomic E-state index is 5.85. The average molecular weight is 182 g/mol. The lowest BCUT2D eigenvalue weighted by Gasteiger charge is -2.03. The predicted molar refractivity (Wildman–Crippen MR) is 51.5 cm³/mol. The summed E-state index contributed by atoms with van der Waals surface area (Å²) in [5, 5.41) is 0.811. The molecule has 0 radical (unpaired) electrons. The topological polar surface area (TPSA) is 26.0 Å². The number of hydrogen-bond acceptors (Lipinski definition) is 1. The van der Waals surface area contributed by atoms with E-state index in [4.69, 9.17) is 17.3 Å². The molecule has 2 N–H and O–H groups in total. The standard InChI is InChI=1S/C10H12ClN/c1-6-4-7(11)2-3-8(6)9-5-10(9)12/h2-4,9-10H,5,12H2,1H3/t9-,10+/m0/s1. The molecule has 0 amide bonds. The van der Waals surface area contributed by atoms with Gasteiger partial charge < -0.3 is 5.73 Å². The molecular formula is C10H12ClN. The van der Waals surface area contributed by atoms with Crippen LogP contribution in [-0.4, -0.2) is 6.04 Å². The Morgan fingerprint density at radius 2 is 2.17 bits per heavy atom. The van der Waals surface area contributed by atoms with Crippen molar-refractivity contribution in [3.63, 3.8) is 0 Å². The zero-order valence-corrected chi connectivity index (χ0v) is 7.81. The zero-order chi connectivity index (χ0) is 8.72. The highest BCUT2D eigenvalue weighted by Crippen LogP contribution is 2.40. The Morgan fingerprint density at radius 3 is 2.67 bits per heavy atom. The number of aryl methyl sites for hydroxylation is 1. The van der Waals surface area contributed by atoms with Crippen molar-refractivity contribution in [1.29, 1.82) is 0 Å². The number of benzene rings is 1. The van der Waals surface area contributed by atoms with Gasteiger partial charge in [-0.25, -0.2) is 0 Å². The van der Waals surface area contributed by atoms with Gasteiger partial charge in [0.05, 0.1) is 0 Å². The second-order valence-corrected chi connectivity index (χ2v) is 3.94. The van der Waals surface area contributed by atoms with Gasteiger partial charge in [0.15, 0.2) is 0 Å². The molecule has 1 aliphatic carbocycles. The fraction of sp³-hybridized carbons (Fsp3) is 0.400. The largest absolute Gasteiger partial charge is 0.327 e. The van der Waals surface area contributed by atoms with Gasteiger partial charge in [-0.15, -0.1) is 0 Å². The van der Waals surface area contributed by atoms with Crippen LogP contribution in [0.4, 0.5) is 0 Å². The summed E-state index contributed by atoms with van der Waals surface area (Å²) in [5.74, 6) is 0.585. The minimum Gasteiger partial charge on any atom is -0.327 e. The van der Waals surface area contributed by atoms with E-state index >= 15 is 0 Å². The summed E-state index contributed by atoms with van der Waals surface area (Å²) >= 11 is 5.85. The second-order valence-electron chi connectivity index (χ2n) is 3.51. The highest BCUT2D eigenvalue weighted by Gasteiger charge is 2.35. The summed E-state index contributed by atoms with van der Waals surface area (Å²) in [4.78, 5) is 0. The fourth-order valence-corrected chi connectivity index (χ4v) is 1.85. The molecule has 1 aromatic carbocycles. The lowest BCUT2D eigenvalue weighted by molar-refractivity contribution is 0.980. The van der Waals surface area contributed by atoms with E-state index in [1.807, 2.05) is 12.1 Å². The Balaban J connectivity index is 2.33. The van der Waals surface area contributed by atoms with Gasteiger partial charge in [-0.2, -0.15) is 0 Å². The summed E-state index contributed by atoms with van der Waals surface area (Å²) in [6.07, 6.45) is 1.13. The van der Waals surface area contributed by atoms with Crippen molar-refractivity contribution in [3.05, 3.63) is 34.3 Å². The van der Waals surface area contributed by atoms with Crippen molar-refractivity contribution in [3.8, 4) is 0 Å². The third kappa shape index (κ3) is 1.35. The number of rotatable bonds is 1. The first kappa shape index (κ1) is 8.09. The van der Waals surface area contributed by atoms with Crippen LogP contribution in [0, 0.1) is 6.92 Å². The van der Waals surface area contributed by atoms with Crippen LogP contribution in [0.3, 0.4) is 0 Å². The first-order valence-corrected chi connectivity index (χ1v) is 4.58. The molecular weight excluding hydrogens is 170 g/mol. The van der Waals surface area contributed by atoms with Crippen molar-refractivity contribution in [2.24, 2.45) is 5.73 Å². The van der Waals surface area contributed by atoms with E-state index < -0.39 is 0 Å². The smallest absolute Gasteiger partial charge is 0.0408 e. The number of halogens is 1. The van der Waals surface area contributed by atoms with Crippen molar-refractivity contribution < 1.29 is 0 Å². The van der Waals surface area contributed by atoms with E-state index in [1.165, 1.54) is 11.1 Å². The van der Waals surface area contributed by atoms with Crippen LogP contribution in [-0.2, 0) is 0 Å². The summed E-state index contributed by atoms with van der Waals surface area (Å²) in [6.45, 7) is 2.09. The van der Waals surface area contributed by atoms with Crippen LogP contribution in [0.5, 0.6) is 0 Å². The molecule has 0 aliphatic heterocycles. The maximum Gasteiger partial charge on any atom is 0.0408 e. The molecule has 1 saturated carbocycles. The lowest BCUT2D eigenvalue weighted by Crippen LogP contribution is -2.01. The van der Waals surface area contributed by atoms with Crippen molar-refractivity contribution >= 4 is 11.6 Å². The van der Waals surface area contributed by atoms with Crippen LogP contribution < -0.4 is 5.73 Å². The van der Waals surface area contributed by atoms with Gasteiger partial charge in [0.2, 0.25) is 0 Å². The highest BCUT2D eigenvalue weighted by atomic mass is 35.5. The van der Waals surface area contributed by atoms with Crippen LogP contribution in [0.2, 0.25) is 5.02 Å². The third-order valence-corrected chi connectivity index (χ3v) is 2.71. The van der Waals surface area contributed by atoms with Crippen molar-refractivity contribution in [2.45, 2.75) is 25.3 Å². The molecule has 0 heterocycles. The van der Waals surface area contributed by atoms with E-state index in [9.17, 15) is 0 Å². The number of hydrogen-bond donors (Lipinski definition) is 1. The van der Waals surface area contributed by atoms with Gasteiger partial charge in [-0.3, -0.25) is 0 Å². The van der Waals surface area contributed by atoms with Gasteiger partial charge in [0.25, 0.3) is 0 Å². The maximum absolute atomic E-state index is 5.85. The Kier molecular flexibility index (Phi) is 1.85. The highest BCUT2D eigenvalue weighted by molar-refractivity contribution is 6.30. The quantitative estimate of drug-likeness (QED) is 0.708. The van der Waals surface area contributed by atoms with Gasteiger partial charge in [-0.05, 0) is 36.6 Å². The average Bonchev–Trinajstić information content (AvgIpc) is 2.66. The molecule has 0 bridgehead atoms. The number of nitrogens with two attached hydrogens (primary N) is 1. The fourth-order valence-electron chi connectivity index (χ4n) is 1.63. The lowest BCUT2D eigenvalue weighted by atomic mass is 10.0. The zero-order valence-electron chi connectivity index (χ0n) is 7.05. The Labute approximate surface area is 77.5 Å². The Bertz CT molecular complexity index is 309. The monoisotopic (exact) mass is 181 g/mol. The minimum absolute atomic E-state index is 0.380. The van der Waals surface area contributed by atoms with E-state index in [0.717, 1.165) is 11.4 Å². The predicted octanol–water partition coefficient (Wildman–Crippen LogP) is 2.46.